The topological polar surface area (TPSA) is 65.0 Å². The van der Waals surface area contributed by atoms with Gasteiger partial charge >= 0.3 is 5.97 Å². The van der Waals surface area contributed by atoms with Crippen LogP contribution in [0.2, 0.25) is 0 Å². The number of para-hydroxylation sites is 1. The highest BCUT2D eigenvalue weighted by Gasteiger charge is 2.09. The van der Waals surface area contributed by atoms with E-state index >= 15 is 0 Å². The maximum atomic E-state index is 10.8. The summed E-state index contributed by atoms with van der Waals surface area (Å²) in [5, 5.41) is 9.69. The molecule has 116 valence electrons. The molecule has 0 fully saturated rings. The van der Waals surface area contributed by atoms with Gasteiger partial charge in [0.15, 0.2) is 0 Å². The molecule has 0 bridgehead atoms. The lowest BCUT2D eigenvalue weighted by atomic mass is 10.3. The standard InChI is InChI=1S/C16H22O5/c1-3-16(18)19-10-9-14(17)12-20-13(2)11-21-15-7-5-4-6-8-15/h3-8,13-14,17H,1,9-12H2,2H3. The van der Waals surface area contributed by atoms with Gasteiger partial charge in [-0.3, -0.25) is 0 Å². The van der Waals surface area contributed by atoms with Crippen molar-refractivity contribution in [2.75, 3.05) is 19.8 Å². The number of hydrogen-bond donors (Lipinski definition) is 1. The van der Waals surface area contributed by atoms with Crippen LogP contribution in [0.15, 0.2) is 43.0 Å². The molecule has 0 aliphatic heterocycles. The molecule has 0 aliphatic rings. The molecular weight excluding hydrogens is 272 g/mol. The maximum Gasteiger partial charge on any atom is 0.330 e. The Bertz CT molecular complexity index is 418. The fourth-order valence-corrected chi connectivity index (χ4v) is 1.49. The molecule has 1 N–H and O–H groups in total. The first kappa shape index (κ1) is 17.2. The molecule has 0 aliphatic carbocycles. The Morgan fingerprint density at radius 2 is 2.05 bits per heavy atom. The number of hydrogen-bond acceptors (Lipinski definition) is 5. The van der Waals surface area contributed by atoms with Gasteiger partial charge in [-0.25, -0.2) is 4.79 Å². The van der Waals surface area contributed by atoms with E-state index in [0.717, 1.165) is 11.8 Å². The largest absolute Gasteiger partial charge is 0.491 e. The summed E-state index contributed by atoms with van der Waals surface area (Å²) in [5.74, 6) is 0.289. The van der Waals surface area contributed by atoms with Crippen LogP contribution in [0.3, 0.4) is 0 Å². The van der Waals surface area contributed by atoms with Crippen molar-refractivity contribution < 1.29 is 24.1 Å². The lowest BCUT2D eigenvalue weighted by Gasteiger charge is -2.17. The van der Waals surface area contributed by atoms with E-state index in [1.807, 2.05) is 37.3 Å². The molecule has 0 amide bonds. The van der Waals surface area contributed by atoms with Gasteiger partial charge in [-0.2, -0.15) is 0 Å². The summed E-state index contributed by atoms with van der Waals surface area (Å²) in [6.07, 6.45) is 0.593. The van der Waals surface area contributed by atoms with E-state index in [-0.39, 0.29) is 19.3 Å². The van der Waals surface area contributed by atoms with Crippen molar-refractivity contribution in [2.45, 2.75) is 25.6 Å². The highest BCUT2D eigenvalue weighted by molar-refractivity contribution is 5.81. The second kappa shape index (κ2) is 9.96. The summed E-state index contributed by atoms with van der Waals surface area (Å²) in [6, 6.07) is 9.46. The zero-order valence-corrected chi connectivity index (χ0v) is 12.2. The van der Waals surface area contributed by atoms with E-state index in [9.17, 15) is 9.90 Å². The van der Waals surface area contributed by atoms with E-state index in [1.54, 1.807) is 0 Å². The van der Waals surface area contributed by atoms with Gasteiger partial charge < -0.3 is 19.3 Å². The zero-order chi connectivity index (χ0) is 15.5. The summed E-state index contributed by atoms with van der Waals surface area (Å²) in [5.41, 5.74) is 0. The number of rotatable bonds is 10. The van der Waals surface area contributed by atoms with Gasteiger partial charge in [-0.15, -0.1) is 0 Å². The number of esters is 1. The van der Waals surface area contributed by atoms with Crippen LogP contribution in [-0.2, 0) is 14.3 Å². The van der Waals surface area contributed by atoms with E-state index in [1.165, 1.54) is 0 Å². The molecule has 1 rings (SSSR count). The summed E-state index contributed by atoms with van der Waals surface area (Å²) < 4.78 is 15.8. The van der Waals surface area contributed by atoms with Gasteiger partial charge in [0, 0.05) is 12.5 Å². The average Bonchev–Trinajstić information content (AvgIpc) is 2.51. The predicted octanol–water partition coefficient (Wildman–Crippen LogP) is 1.95. The van der Waals surface area contributed by atoms with Gasteiger partial charge in [-0.05, 0) is 19.1 Å². The fraction of sp³-hybridized carbons (Fsp3) is 0.438. The molecule has 0 aromatic heterocycles. The van der Waals surface area contributed by atoms with Crippen LogP contribution < -0.4 is 4.74 Å². The first-order valence-electron chi connectivity index (χ1n) is 6.88. The van der Waals surface area contributed by atoms with Crippen molar-refractivity contribution in [1.29, 1.82) is 0 Å². The van der Waals surface area contributed by atoms with E-state index in [2.05, 4.69) is 6.58 Å². The van der Waals surface area contributed by atoms with Crippen molar-refractivity contribution in [1.82, 2.24) is 0 Å². The molecule has 5 heteroatoms. The molecule has 1 aromatic carbocycles. The molecule has 1 aromatic rings. The van der Waals surface area contributed by atoms with E-state index in [4.69, 9.17) is 14.2 Å². The maximum absolute atomic E-state index is 10.8. The monoisotopic (exact) mass is 294 g/mol. The quantitative estimate of drug-likeness (QED) is 0.528. The second-order valence-corrected chi connectivity index (χ2v) is 4.58. The van der Waals surface area contributed by atoms with Crippen molar-refractivity contribution in [3.8, 4) is 5.75 Å². The molecular formula is C16H22O5. The molecule has 21 heavy (non-hydrogen) atoms. The van der Waals surface area contributed by atoms with Crippen molar-refractivity contribution in [2.24, 2.45) is 0 Å². The Morgan fingerprint density at radius 1 is 1.33 bits per heavy atom. The SMILES string of the molecule is C=CC(=O)OCCC(O)COC(C)COc1ccccc1. The number of benzene rings is 1. The smallest absolute Gasteiger partial charge is 0.330 e. The van der Waals surface area contributed by atoms with Crippen LogP contribution in [0, 0.1) is 0 Å². The number of carbonyl (C=O) groups excluding carboxylic acids is 1. The Balaban J connectivity index is 2.10. The zero-order valence-electron chi connectivity index (χ0n) is 12.2. The summed E-state index contributed by atoms with van der Waals surface area (Å²) in [4.78, 5) is 10.8. The molecule has 2 unspecified atom stereocenters. The first-order valence-corrected chi connectivity index (χ1v) is 6.88. The Kier molecular flexibility index (Phi) is 8.16. The van der Waals surface area contributed by atoms with Crippen molar-refractivity contribution in [3.63, 3.8) is 0 Å². The van der Waals surface area contributed by atoms with Crippen LogP contribution in [0.1, 0.15) is 13.3 Å². The van der Waals surface area contributed by atoms with Gasteiger partial charge in [0.2, 0.25) is 0 Å². The van der Waals surface area contributed by atoms with Gasteiger partial charge in [0.1, 0.15) is 12.4 Å². The minimum atomic E-state index is -0.679. The van der Waals surface area contributed by atoms with Crippen LogP contribution in [0.5, 0.6) is 5.75 Å². The number of aliphatic hydroxyl groups is 1. The first-order chi connectivity index (χ1) is 10.1. The molecule has 5 nitrogen and oxygen atoms in total. The third kappa shape index (κ3) is 8.12. The Morgan fingerprint density at radius 3 is 2.71 bits per heavy atom. The summed E-state index contributed by atoms with van der Waals surface area (Å²) >= 11 is 0. The van der Waals surface area contributed by atoms with Crippen LogP contribution in [0.25, 0.3) is 0 Å². The molecule has 0 saturated heterocycles. The molecule has 0 saturated carbocycles. The summed E-state index contributed by atoms with van der Waals surface area (Å²) in [6.45, 7) is 5.88. The highest BCUT2D eigenvalue weighted by Crippen LogP contribution is 2.09. The average molecular weight is 294 g/mol. The van der Waals surface area contributed by atoms with Gasteiger partial charge in [-0.1, -0.05) is 24.8 Å². The molecule has 0 heterocycles. The van der Waals surface area contributed by atoms with Crippen molar-refractivity contribution in [3.05, 3.63) is 43.0 Å². The van der Waals surface area contributed by atoms with Crippen molar-refractivity contribution >= 4 is 5.97 Å². The number of carbonyl (C=O) groups is 1. The normalized spacial score (nSPS) is 13.2. The molecule has 0 radical (unpaired) electrons. The number of aliphatic hydroxyl groups excluding tert-OH is 1. The fourth-order valence-electron chi connectivity index (χ4n) is 1.49. The lowest BCUT2D eigenvalue weighted by molar-refractivity contribution is -0.138. The van der Waals surface area contributed by atoms with E-state index in [0.29, 0.717) is 13.0 Å². The Hall–Kier alpha value is -1.85. The van der Waals surface area contributed by atoms with Crippen LogP contribution in [-0.4, -0.2) is 43.1 Å². The molecule has 0 spiro atoms. The molecule has 2 atom stereocenters. The highest BCUT2D eigenvalue weighted by atomic mass is 16.5. The number of ether oxygens (including phenoxy) is 3. The second-order valence-electron chi connectivity index (χ2n) is 4.58. The Labute approximate surface area is 125 Å². The van der Waals surface area contributed by atoms with E-state index < -0.39 is 12.1 Å². The minimum absolute atomic E-state index is 0.143. The summed E-state index contributed by atoms with van der Waals surface area (Å²) in [7, 11) is 0. The van der Waals surface area contributed by atoms with Crippen LogP contribution in [0.4, 0.5) is 0 Å². The van der Waals surface area contributed by atoms with Gasteiger partial charge in [0.05, 0.1) is 25.4 Å². The minimum Gasteiger partial charge on any atom is -0.491 e. The van der Waals surface area contributed by atoms with Crippen LogP contribution >= 0.6 is 0 Å². The predicted molar refractivity (Wildman–Crippen MR) is 79.1 cm³/mol. The third-order valence-electron chi connectivity index (χ3n) is 2.66. The van der Waals surface area contributed by atoms with Gasteiger partial charge in [0.25, 0.3) is 0 Å². The third-order valence-corrected chi connectivity index (χ3v) is 2.66. The lowest BCUT2D eigenvalue weighted by Crippen LogP contribution is -2.25.